The second-order valence-electron chi connectivity index (χ2n) is 4.00. The van der Waals surface area contributed by atoms with Crippen LogP contribution in [0.3, 0.4) is 0 Å². The summed E-state index contributed by atoms with van der Waals surface area (Å²) in [5.74, 6) is 0. The summed E-state index contributed by atoms with van der Waals surface area (Å²) in [4.78, 5) is 2.18. The predicted octanol–water partition coefficient (Wildman–Crippen LogP) is 2.66. The summed E-state index contributed by atoms with van der Waals surface area (Å²) in [5, 5.41) is 3.50. The lowest BCUT2D eigenvalue weighted by molar-refractivity contribution is 0.389. The summed E-state index contributed by atoms with van der Waals surface area (Å²) in [5.41, 5.74) is 1.32. The quantitative estimate of drug-likeness (QED) is 0.885. The van der Waals surface area contributed by atoms with Gasteiger partial charge in [0.15, 0.2) is 0 Å². The molecule has 2 nitrogen and oxygen atoms in total. The molecule has 1 unspecified atom stereocenters. The van der Waals surface area contributed by atoms with E-state index >= 15 is 0 Å². The van der Waals surface area contributed by atoms with E-state index in [1.54, 1.807) is 0 Å². The van der Waals surface area contributed by atoms with E-state index in [9.17, 15) is 0 Å². The Morgan fingerprint density at radius 2 is 2.00 bits per heavy atom. The van der Waals surface area contributed by atoms with Gasteiger partial charge in [0.05, 0.1) is 0 Å². The van der Waals surface area contributed by atoms with Crippen molar-refractivity contribution in [3.8, 4) is 0 Å². The fourth-order valence-electron chi connectivity index (χ4n) is 1.44. The Balaban J connectivity index is 2.47. The molecular formula is C12H19BrN2. The molecule has 1 aromatic rings. The van der Waals surface area contributed by atoms with E-state index in [1.807, 2.05) is 6.07 Å². The van der Waals surface area contributed by atoms with Gasteiger partial charge in [0.1, 0.15) is 0 Å². The molecule has 0 fully saturated rings. The minimum atomic E-state index is 0.389. The maximum atomic E-state index is 3.57. The lowest BCUT2D eigenvalue weighted by Crippen LogP contribution is -2.28. The molecule has 1 aromatic carbocycles. The molecule has 0 aliphatic rings. The van der Waals surface area contributed by atoms with Crippen LogP contribution in [-0.4, -0.2) is 32.1 Å². The number of nitrogens with one attached hydrogen (secondary N) is 1. The van der Waals surface area contributed by atoms with E-state index in [0.717, 1.165) is 13.1 Å². The minimum absolute atomic E-state index is 0.389. The van der Waals surface area contributed by atoms with E-state index in [1.165, 1.54) is 10.0 Å². The van der Waals surface area contributed by atoms with Crippen LogP contribution in [0.5, 0.6) is 0 Å². The molecule has 1 atom stereocenters. The van der Waals surface area contributed by atoms with Crippen molar-refractivity contribution in [2.24, 2.45) is 0 Å². The summed E-state index contributed by atoms with van der Waals surface area (Å²) in [6.45, 7) is 4.26. The van der Waals surface area contributed by atoms with Gasteiger partial charge in [-0.1, -0.05) is 34.1 Å². The first-order valence-electron chi connectivity index (χ1n) is 5.24. The predicted molar refractivity (Wildman–Crippen MR) is 69.1 cm³/mol. The van der Waals surface area contributed by atoms with Crippen LogP contribution < -0.4 is 5.32 Å². The number of hydrogen-bond acceptors (Lipinski definition) is 2. The summed E-state index contributed by atoms with van der Waals surface area (Å²) in [6.07, 6.45) is 0. The third-order valence-electron chi connectivity index (χ3n) is 2.38. The molecule has 0 aliphatic heterocycles. The van der Waals surface area contributed by atoms with Crippen molar-refractivity contribution in [2.75, 3.05) is 27.2 Å². The molecule has 0 heterocycles. The Labute approximate surface area is 101 Å². The fraction of sp³-hybridized carbons (Fsp3) is 0.500. The summed E-state index contributed by atoms with van der Waals surface area (Å²) < 4.78 is 1.18. The van der Waals surface area contributed by atoms with E-state index in [0.29, 0.717) is 6.04 Å². The van der Waals surface area contributed by atoms with Crippen LogP contribution in [0, 0.1) is 0 Å². The number of benzene rings is 1. The number of rotatable bonds is 5. The van der Waals surface area contributed by atoms with Crippen molar-refractivity contribution in [3.63, 3.8) is 0 Å². The molecular weight excluding hydrogens is 252 g/mol. The minimum Gasteiger partial charge on any atom is -0.309 e. The molecule has 0 saturated carbocycles. The standard InChI is InChI=1S/C12H19BrN2/c1-10(14-8-9-15(2)3)11-6-4-5-7-12(11)13/h4-7,10,14H,8-9H2,1-3H3. The summed E-state index contributed by atoms with van der Waals surface area (Å²) in [6, 6.07) is 8.74. The van der Waals surface area contributed by atoms with Crippen molar-refractivity contribution in [2.45, 2.75) is 13.0 Å². The van der Waals surface area contributed by atoms with Crippen molar-refractivity contribution < 1.29 is 0 Å². The first-order valence-corrected chi connectivity index (χ1v) is 6.03. The van der Waals surface area contributed by atoms with Gasteiger partial charge >= 0.3 is 0 Å². The Hall–Kier alpha value is -0.380. The molecule has 0 saturated heterocycles. The van der Waals surface area contributed by atoms with Gasteiger partial charge in [0.2, 0.25) is 0 Å². The first kappa shape index (κ1) is 12.7. The van der Waals surface area contributed by atoms with Gasteiger partial charge in [0, 0.05) is 23.6 Å². The van der Waals surface area contributed by atoms with Crippen LogP contribution >= 0.6 is 15.9 Å². The lowest BCUT2D eigenvalue weighted by Gasteiger charge is -2.17. The summed E-state index contributed by atoms with van der Waals surface area (Å²) in [7, 11) is 4.18. The maximum Gasteiger partial charge on any atom is 0.0303 e. The molecule has 0 aliphatic carbocycles. The maximum absolute atomic E-state index is 3.57. The van der Waals surface area contributed by atoms with E-state index < -0.39 is 0 Å². The average molecular weight is 271 g/mol. The highest BCUT2D eigenvalue weighted by Gasteiger charge is 2.07. The molecule has 15 heavy (non-hydrogen) atoms. The molecule has 0 radical (unpaired) electrons. The van der Waals surface area contributed by atoms with Gasteiger partial charge in [0.25, 0.3) is 0 Å². The second-order valence-corrected chi connectivity index (χ2v) is 4.85. The van der Waals surface area contributed by atoms with Gasteiger partial charge < -0.3 is 10.2 Å². The molecule has 84 valence electrons. The largest absolute Gasteiger partial charge is 0.309 e. The Morgan fingerprint density at radius 3 is 2.60 bits per heavy atom. The molecule has 1 rings (SSSR count). The molecule has 1 N–H and O–H groups in total. The van der Waals surface area contributed by atoms with Gasteiger partial charge in [-0.05, 0) is 32.6 Å². The fourth-order valence-corrected chi connectivity index (χ4v) is 2.07. The van der Waals surface area contributed by atoms with E-state index in [2.05, 4.69) is 65.4 Å². The highest BCUT2D eigenvalue weighted by molar-refractivity contribution is 9.10. The van der Waals surface area contributed by atoms with Gasteiger partial charge in [-0.25, -0.2) is 0 Å². The third kappa shape index (κ3) is 4.33. The van der Waals surface area contributed by atoms with E-state index in [4.69, 9.17) is 0 Å². The van der Waals surface area contributed by atoms with Crippen molar-refractivity contribution in [1.29, 1.82) is 0 Å². The molecule has 3 heteroatoms. The third-order valence-corrected chi connectivity index (χ3v) is 3.10. The summed E-state index contributed by atoms with van der Waals surface area (Å²) >= 11 is 3.57. The zero-order valence-corrected chi connectivity index (χ0v) is 11.2. The van der Waals surface area contributed by atoms with Crippen LogP contribution in [0.4, 0.5) is 0 Å². The van der Waals surface area contributed by atoms with Crippen LogP contribution in [-0.2, 0) is 0 Å². The van der Waals surface area contributed by atoms with Crippen molar-refractivity contribution in [3.05, 3.63) is 34.3 Å². The van der Waals surface area contributed by atoms with Crippen LogP contribution in [0.25, 0.3) is 0 Å². The van der Waals surface area contributed by atoms with Gasteiger partial charge in [-0.15, -0.1) is 0 Å². The SMILES string of the molecule is CC(NCCN(C)C)c1ccccc1Br. The molecule has 0 amide bonds. The number of hydrogen-bond donors (Lipinski definition) is 1. The van der Waals surface area contributed by atoms with Crippen LogP contribution in [0.2, 0.25) is 0 Å². The second kappa shape index (κ2) is 6.26. The molecule has 0 spiro atoms. The van der Waals surface area contributed by atoms with Crippen molar-refractivity contribution in [1.82, 2.24) is 10.2 Å². The van der Waals surface area contributed by atoms with Gasteiger partial charge in [-0.3, -0.25) is 0 Å². The van der Waals surface area contributed by atoms with Crippen LogP contribution in [0.15, 0.2) is 28.7 Å². The Morgan fingerprint density at radius 1 is 1.33 bits per heavy atom. The normalized spacial score (nSPS) is 13.1. The lowest BCUT2D eigenvalue weighted by atomic mass is 10.1. The monoisotopic (exact) mass is 270 g/mol. The van der Waals surface area contributed by atoms with Crippen molar-refractivity contribution >= 4 is 15.9 Å². The topological polar surface area (TPSA) is 15.3 Å². The number of likely N-dealkylation sites (N-methyl/N-ethyl adjacent to an activating group) is 1. The Bertz CT molecular complexity index is 299. The molecule has 0 bridgehead atoms. The first-order chi connectivity index (χ1) is 7.11. The molecule has 0 aromatic heterocycles. The zero-order valence-electron chi connectivity index (χ0n) is 9.63. The zero-order chi connectivity index (χ0) is 11.3. The van der Waals surface area contributed by atoms with E-state index in [-0.39, 0.29) is 0 Å². The number of nitrogens with zero attached hydrogens (tertiary/aromatic N) is 1. The Kier molecular flexibility index (Phi) is 5.29. The smallest absolute Gasteiger partial charge is 0.0303 e. The average Bonchev–Trinajstić information content (AvgIpc) is 2.17. The highest BCUT2D eigenvalue weighted by atomic mass is 79.9. The van der Waals surface area contributed by atoms with Gasteiger partial charge in [-0.2, -0.15) is 0 Å². The number of halogens is 1. The highest BCUT2D eigenvalue weighted by Crippen LogP contribution is 2.22. The van der Waals surface area contributed by atoms with Crippen LogP contribution in [0.1, 0.15) is 18.5 Å².